The first-order chi connectivity index (χ1) is 8.75. The second-order valence-corrected chi connectivity index (χ2v) is 5.49. The van der Waals surface area contributed by atoms with Gasteiger partial charge in [-0.1, -0.05) is 19.4 Å². The number of nitrogens with zero attached hydrogens (tertiary/aromatic N) is 1. The predicted molar refractivity (Wildman–Crippen MR) is 76.9 cm³/mol. The van der Waals surface area contributed by atoms with Gasteiger partial charge in [0.1, 0.15) is 0 Å². The molecular formula is C16H20N2. The summed E-state index contributed by atoms with van der Waals surface area (Å²) in [5.74, 6) is 0.776. The standard InChI is InChI=1S/C16H20N2/c1-11-5-3-7-14(11)18-15-9-8-12(2)16-13(15)6-4-10-17-16/h4,6,8-11,14,18H,3,5,7H2,1-2H3. The van der Waals surface area contributed by atoms with Crippen LogP contribution in [0.15, 0.2) is 30.5 Å². The Balaban J connectivity index is 1.99. The van der Waals surface area contributed by atoms with E-state index in [4.69, 9.17) is 0 Å². The van der Waals surface area contributed by atoms with E-state index >= 15 is 0 Å². The van der Waals surface area contributed by atoms with Gasteiger partial charge in [0.05, 0.1) is 5.52 Å². The van der Waals surface area contributed by atoms with Gasteiger partial charge in [0.15, 0.2) is 0 Å². The average molecular weight is 240 g/mol. The minimum Gasteiger partial charge on any atom is -0.381 e. The SMILES string of the molecule is Cc1ccc(NC2CCCC2C)c2cccnc12. The van der Waals surface area contributed by atoms with Gasteiger partial charge in [0.2, 0.25) is 0 Å². The van der Waals surface area contributed by atoms with Gasteiger partial charge in [0, 0.05) is 23.3 Å². The van der Waals surface area contributed by atoms with Crippen molar-refractivity contribution >= 4 is 16.6 Å². The third kappa shape index (κ3) is 1.96. The van der Waals surface area contributed by atoms with Crippen LogP contribution in [-0.4, -0.2) is 11.0 Å². The molecule has 2 unspecified atom stereocenters. The minimum atomic E-state index is 0.621. The van der Waals surface area contributed by atoms with Crippen LogP contribution in [0.3, 0.4) is 0 Å². The normalized spacial score (nSPS) is 23.4. The molecule has 2 nitrogen and oxygen atoms in total. The van der Waals surface area contributed by atoms with Crippen molar-refractivity contribution in [3.05, 3.63) is 36.0 Å². The highest BCUT2D eigenvalue weighted by atomic mass is 14.9. The van der Waals surface area contributed by atoms with Crippen molar-refractivity contribution in [1.29, 1.82) is 0 Å². The van der Waals surface area contributed by atoms with Crippen LogP contribution in [-0.2, 0) is 0 Å². The first-order valence-corrected chi connectivity index (χ1v) is 6.86. The highest BCUT2D eigenvalue weighted by Gasteiger charge is 2.23. The maximum Gasteiger partial charge on any atom is 0.0751 e. The summed E-state index contributed by atoms with van der Waals surface area (Å²) in [7, 11) is 0. The lowest BCUT2D eigenvalue weighted by Gasteiger charge is -2.20. The molecule has 1 aromatic carbocycles. The Morgan fingerprint density at radius 2 is 2.11 bits per heavy atom. The predicted octanol–water partition coefficient (Wildman–Crippen LogP) is 4.14. The molecule has 1 aromatic heterocycles. The maximum atomic E-state index is 4.49. The molecule has 2 atom stereocenters. The zero-order valence-electron chi connectivity index (χ0n) is 11.1. The van der Waals surface area contributed by atoms with Gasteiger partial charge >= 0.3 is 0 Å². The molecule has 3 rings (SSSR count). The molecule has 94 valence electrons. The summed E-state index contributed by atoms with van der Waals surface area (Å²) >= 11 is 0. The number of aromatic nitrogens is 1. The van der Waals surface area contributed by atoms with Gasteiger partial charge in [-0.25, -0.2) is 0 Å². The molecule has 0 spiro atoms. The molecular weight excluding hydrogens is 220 g/mol. The second kappa shape index (κ2) is 4.60. The zero-order chi connectivity index (χ0) is 12.5. The summed E-state index contributed by atoms with van der Waals surface area (Å²) in [4.78, 5) is 4.49. The van der Waals surface area contributed by atoms with E-state index in [1.54, 1.807) is 0 Å². The van der Waals surface area contributed by atoms with Crippen molar-refractivity contribution in [3.63, 3.8) is 0 Å². The fourth-order valence-corrected chi connectivity index (χ4v) is 3.00. The summed E-state index contributed by atoms with van der Waals surface area (Å²) < 4.78 is 0. The van der Waals surface area contributed by atoms with Gasteiger partial charge < -0.3 is 5.32 Å². The van der Waals surface area contributed by atoms with Crippen LogP contribution < -0.4 is 5.32 Å². The fraction of sp³-hybridized carbons (Fsp3) is 0.438. The Labute approximate surface area is 108 Å². The van der Waals surface area contributed by atoms with E-state index in [1.165, 1.54) is 35.9 Å². The molecule has 18 heavy (non-hydrogen) atoms. The first-order valence-electron chi connectivity index (χ1n) is 6.86. The minimum absolute atomic E-state index is 0.621. The number of hydrogen-bond donors (Lipinski definition) is 1. The molecule has 1 aliphatic carbocycles. The summed E-state index contributed by atoms with van der Waals surface area (Å²) in [5, 5.41) is 4.97. The van der Waals surface area contributed by atoms with Crippen LogP contribution >= 0.6 is 0 Å². The lowest BCUT2D eigenvalue weighted by molar-refractivity contribution is 0.557. The van der Waals surface area contributed by atoms with Crippen LogP contribution in [0, 0.1) is 12.8 Å². The van der Waals surface area contributed by atoms with E-state index in [1.807, 2.05) is 12.3 Å². The third-order valence-electron chi connectivity index (χ3n) is 4.17. The van der Waals surface area contributed by atoms with Crippen molar-refractivity contribution < 1.29 is 0 Å². The molecule has 0 radical (unpaired) electrons. The Kier molecular flexibility index (Phi) is 2.94. The number of rotatable bonds is 2. The largest absolute Gasteiger partial charge is 0.381 e. The van der Waals surface area contributed by atoms with E-state index in [9.17, 15) is 0 Å². The Bertz CT molecular complexity index is 562. The highest BCUT2D eigenvalue weighted by molar-refractivity contribution is 5.93. The molecule has 0 bridgehead atoms. The third-order valence-corrected chi connectivity index (χ3v) is 4.17. The maximum absolute atomic E-state index is 4.49. The molecule has 2 heteroatoms. The number of aryl methyl sites for hydroxylation is 1. The molecule has 1 saturated carbocycles. The van der Waals surface area contributed by atoms with Crippen LogP contribution in [0.2, 0.25) is 0 Å². The summed E-state index contributed by atoms with van der Waals surface area (Å²) in [6.07, 6.45) is 5.86. The van der Waals surface area contributed by atoms with Crippen molar-refractivity contribution in [2.45, 2.75) is 39.2 Å². The molecule has 1 N–H and O–H groups in total. The zero-order valence-corrected chi connectivity index (χ0v) is 11.1. The topological polar surface area (TPSA) is 24.9 Å². The molecule has 0 aliphatic heterocycles. The Hall–Kier alpha value is -1.57. The monoisotopic (exact) mass is 240 g/mol. The molecule has 1 aliphatic rings. The van der Waals surface area contributed by atoms with E-state index in [2.05, 4.69) is 42.3 Å². The van der Waals surface area contributed by atoms with Crippen molar-refractivity contribution in [2.75, 3.05) is 5.32 Å². The molecule has 0 amide bonds. The van der Waals surface area contributed by atoms with Crippen molar-refractivity contribution in [2.24, 2.45) is 5.92 Å². The molecule has 1 fully saturated rings. The molecule has 1 heterocycles. The van der Waals surface area contributed by atoms with E-state index < -0.39 is 0 Å². The van der Waals surface area contributed by atoms with Gasteiger partial charge in [-0.05, 0) is 49.4 Å². The number of anilines is 1. The first kappa shape index (κ1) is 11.5. The lowest BCUT2D eigenvalue weighted by atomic mass is 10.0. The van der Waals surface area contributed by atoms with E-state index in [-0.39, 0.29) is 0 Å². The number of hydrogen-bond acceptors (Lipinski definition) is 2. The molecule has 0 saturated heterocycles. The van der Waals surface area contributed by atoms with Crippen LogP contribution in [0.1, 0.15) is 31.7 Å². The fourth-order valence-electron chi connectivity index (χ4n) is 3.00. The highest BCUT2D eigenvalue weighted by Crippen LogP contribution is 2.31. The average Bonchev–Trinajstić information content (AvgIpc) is 2.79. The molecule has 2 aromatic rings. The number of benzene rings is 1. The van der Waals surface area contributed by atoms with E-state index in [0.717, 1.165) is 11.4 Å². The number of fused-ring (bicyclic) bond motifs is 1. The van der Waals surface area contributed by atoms with Crippen molar-refractivity contribution in [3.8, 4) is 0 Å². The van der Waals surface area contributed by atoms with Gasteiger partial charge in [-0.3, -0.25) is 4.98 Å². The van der Waals surface area contributed by atoms with Gasteiger partial charge in [0.25, 0.3) is 0 Å². The smallest absolute Gasteiger partial charge is 0.0751 e. The van der Waals surface area contributed by atoms with Gasteiger partial charge in [-0.2, -0.15) is 0 Å². The number of nitrogens with one attached hydrogen (secondary N) is 1. The number of pyridine rings is 1. The van der Waals surface area contributed by atoms with Crippen molar-refractivity contribution in [1.82, 2.24) is 4.98 Å². The Morgan fingerprint density at radius 3 is 2.89 bits per heavy atom. The summed E-state index contributed by atoms with van der Waals surface area (Å²) in [5.41, 5.74) is 3.60. The summed E-state index contributed by atoms with van der Waals surface area (Å²) in [6.45, 7) is 4.47. The second-order valence-electron chi connectivity index (χ2n) is 5.49. The van der Waals surface area contributed by atoms with Gasteiger partial charge in [-0.15, -0.1) is 0 Å². The van der Waals surface area contributed by atoms with E-state index in [0.29, 0.717) is 6.04 Å². The summed E-state index contributed by atoms with van der Waals surface area (Å²) in [6, 6.07) is 9.17. The Morgan fingerprint density at radius 1 is 1.22 bits per heavy atom. The van der Waals surface area contributed by atoms with Crippen LogP contribution in [0.25, 0.3) is 10.9 Å². The van der Waals surface area contributed by atoms with Crippen LogP contribution in [0.5, 0.6) is 0 Å². The quantitative estimate of drug-likeness (QED) is 0.853. The lowest BCUT2D eigenvalue weighted by Crippen LogP contribution is -2.21. The van der Waals surface area contributed by atoms with Crippen LogP contribution in [0.4, 0.5) is 5.69 Å².